The summed E-state index contributed by atoms with van der Waals surface area (Å²) in [7, 11) is 0. The first-order valence-electron chi connectivity index (χ1n) is 3.35. The van der Waals surface area contributed by atoms with Crippen molar-refractivity contribution in [2.24, 2.45) is 0 Å². The van der Waals surface area contributed by atoms with Crippen LogP contribution in [0.2, 0.25) is 0 Å². The highest BCUT2D eigenvalue weighted by Crippen LogP contribution is 2.23. The second kappa shape index (κ2) is 3.72. The maximum Gasteiger partial charge on any atom is 0.139 e. The molecular weight excluding hydrogens is 166 g/mol. The van der Waals surface area contributed by atoms with Gasteiger partial charge >= 0.3 is 0 Å². The molecule has 60 valence electrons. The van der Waals surface area contributed by atoms with E-state index in [1.807, 2.05) is 6.92 Å². The predicted octanol–water partition coefficient (Wildman–Crippen LogP) is 3.36. The van der Waals surface area contributed by atoms with E-state index >= 15 is 0 Å². The highest BCUT2D eigenvalue weighted by molar-refractivity contribution is 7.94. The Morgan fingerprint density at radius 2 is 2.18 bits per heavy atom. The molecule has 0 bridgehead atoms. The van der Waals surface area contributed by atoms with Gasteiger partial charge in [0.25, 0.3) is 0 Å². The van der Waals surface area contributed by atoms with E-state index in [0.29, 0.717) is 0 Å². The Balaban J connectivity index is 2.99. The standard InChI is InChI=1S/C8H8F2S/c1-2-6-3-4-8(11-10)7(9)5-6/h3-5H,2H2,1H3. The summed E-state index contributed by atoms with van der Waals surface area (Å²) in [5.74, 6) is -0.475. The maximum absolute atomic E-state index is 12.8. The molecule has 0 amide bonds. The summed E-state index contributed by atoms with van der Waals surface area (Å²) in [5.41, 5.74) is 0.889. The summed E-state index contributed by atoms with van der Waals surface area (Å²) in [5, 5.41) is 0. The zero-order chi connectivity index (χ0) is 8.27. The Morgan fingerprint density at radius 3 is 2.64 bits per heavy atom. The zero-order valence-electron chi connectivity index (χ0n) is 6.10. The second-order valence-corrected chi connectivity index (χ2v) is 2.79. The van der Waals surface area contributed by atoms with Gasteiger partial charge in [0, 0.05) is 0 Å². The van der Waals surface area contributed by atoms with Gasteiger partial charge in [0.1, 0.15) is 5.82 Å². The van der Waals surface area contributed by atoms with Crippen LogP contribution in [-0.2, 0) is 6.42 Å². The normalized spacial score (nSPS) is 10.1. The summed E-state index contributed by atoms with van der Waals surface area (Å²) in [6.45, 7) is 1.93. The number of aryl methyl sites for hydroxylation is 1. The van der Waals surface area contributed by atoms with Crippen molar-refractivity contribution in [2.75, 3.05) is 0 Å². The molecule has 11 heavy (non-hydrogen) atoms. The van der Waals surface area contributed by atoms with E-state index in [4.69, 9.17) is 0 Å². The van der Waals surface area contributed by atoms with Crippen molar-refractivity contribution in [3.05, 3.63) is 29.6 Å². The van der Waals surface area contributed by atoms with Gasteiger partial charge in [0.15, 0.2) is 0 Å². The van der Waals surface area contributed by atoms with Crippen LogP contribution in [0.15, 0.2) is 23.1 Å². The Labute approximate surface area is 68.9 Å². The largest absolute Gasteiger partial charge is 0.206 e. The molecule has 0 saturated carbocycles. The van der Waals surface area contributed by atoms with Crippen molar-refractivity contribution in [3.63, 3.8) is 0 Å². The van der Waals surface area contributed by atoms with Gasteiger partial charge in [-0.1, -0.05) is 13.0 Å². The van der Waals surface area contributed by atoms with Crippen LogP contribution in [0.5, 0.6) is 0 Å². The molecule has 0 fully saturated rings. The molecule has 1 aromatic carbocycles. The SMILES string of the molecule is CCc1ccc(SF)c(F)c1. The molecule has 0 aromatic heterocycles. The molecular formula is C8H8F2S. The van der Waals surface area contributed by atoms with E-state index in [0.717, 1.165) is 12.0 Å². The molecule has 0 heterocycles. The van der Waals surface area contributed by atoms with Crippen LogP contribution < -0.4 is 0 Å². The molecule has 0 aliphatic carbocycles. The Kier molecular flexibility index (Phi) is 2.88. The second-order valence-electron chi connectivity index (χ2n) is 2.20. The first-order chi connectivity index (χ1) is 5.27. The number of rotatable bonds is 2. The van der Waals surface area contributed by atoms with E-state index in [1.54, 1.807) is 6.07 Å². The van der Waals surface area contributed by atoms with E-state index < -0.39 is 5.82 Å². The minimum Gasteiger partial charge on any atom is -0.206 e. The third-order valence-corrected chi connectivity index (χ3v) is 1.98. The molecule has 3 heteroatoms. The van der Waals surface area contributed by atoms with Crippen LogP contribution in [0.25, 0.3) is 0 Å². The molecule has 0 aliphatic rings. The van der Waals surface area contributed by atoms with Crippen molar-refractivity contribution >= 4 is 12.1 Å². The van der Waals surface area contributed by atoms with Gasteiger partial charge in [-0.3, -0.25) is 0 Å². The van der Waals surface area contributed by atoms with Crippen LogP contribution in [0, 0.1) is 5.82 Å². The van der Waals surface area contributed by atoms with Gasteiger partial charge in [-0.25, -0.2) is 4.39 Å². The summed E-state index contributed by atoms with van der Waals surface area (Å²) in [6.07, 6.45) is 0.772. The highest BCUT2D eigenvalue weighted by Gasteiger charge is 2.02. The van der Waals surface area contributed by atoms with Gasteiger partial charge < -0.3 is 0 Å². The fourth-order valence-corrected chi connectivity index (χ4v) is 1.08. The van der Waals surface area contributed by atoms with E-state index in [-0.39, 0.29) is 17.0 Å². The number of hydrogen-bond donors (Lipinski definition) is 0. The average molecular weight is 174 g/mol. The molecule has 0 N–H and O–H groups in total. The lowest BCUT2D eigenvalue weighted by molar-refractivity contribution is 0.598. The van der Waals surface area contributed by atoms with Crippen molar-refractivity contribution in [1.29, 1.82) is 0 Å². The fourth-order valence-electron chi connectivity index (χ4n) is 0.827. The Hall–Kier alpha value is -0.570. The first-order valence-corrected chi connectivity index (χ1v) is 4.06. The molecule has 0 unspecified atom stereocenters. The van der Waals surface area contributed by atoms with E-state index in [1.165, 1.54) is 12.1 Å². The minimum absolute atomic E-state index is 0.0576. The Bertz CT molecular complexity index is 248. The van der Waals surface area contributed by atoms with Crippen LogP contribution in [0.1, 0.15) is 12.5 Å². The van der Waals surface area contributed by atoms with Crippen LogP contribution in [-0.4, -0.2) is 0 Å². The van der Waals surface area contributed by atoms with Crippen molar-refractivity contribution in [3.8, 4) is 0 Å². The highest BCUT2D eigenvalue weighted by atomic mass is 32.2. The van der Waals surface area contributed by atoms with Gasteiger partial charge in [-0.05, 0) is 24.1 Å². The van der Waals surface area contributed by atoms with Crippen LogP contribution in [0.4, 0.5) is 8.28 Å². The van der Waals surface area contributed by atoms with E-state index in [9.17, 15) is 8.28 Å². The molecule has 0 saturated heterocycles. The molecule has 0 radical (unpaired) electrons. The molecule has 0 nitrogen and oxygen atoms in total. The molecule has 0 atom stereocenters. The lowest BCUT2D eigenvalue weighted by Crippen LogP contribution is -1.84. The third-order valence-electron chi connectivity index (χ3n) is 1.49. The van der Waals surface area contributed by atoms with Gasteiger partial charge in [-0.15, -0.1) is 0 Å². The van der Waals surface area contributed by atoms with Crippen molar-refractivity contribution < 1.29 is 8.28 Å². The molecule has 0 aliphatic heterocycles. The number of hydrogen-bond acceptors (Lipinski definition) is 1. The van der Waals surface area contributed by atoms with Gasteiger partial charge in [0.2, 0.25) is 0 Å². The quantitative estimate of drug-likeness (QED) is 0.662. The number of halogens is 2. The van der Waals surface area contributed by atoms with E-state index in [2.05, 4.69) is 0 Å². The summed E-state index contributed by atoms with van der Waals surface area (Å²) in [6, 6.07) is 4.55. The maximum atomic E-state index is 12.8. The Morgan fingerprint density at radius 1 is 1.45 bits per heavy atom. The van der Waals surface area contributed by atoms with Crippen molar-refractivity contribution in [1.82, 2.24) is 0 Å². The minimum atomic E-state index is -0.475. The molecule has 0 spiro atoms. The van der Waals surface area contributed by atoms with Gasteiger partial charge in [0.05, 0.1) is 17.0 Å². The fraction of sp³-hybridized carbons (Fsp3) is 0.250. The molecule has 1 aromatic rings. The number of benzene rings is 1. The summed E-state index contributed by atoms with van der Waals surface area (Å²) >= 11 is -0.0604. The predicted molar refractivity (Wildman–Crippen MR) is 42.7 cm³/mol. The lowest BCUT2D eigenvalue weighted by atomic mass is 10.2. The van der Waals surface area contributed by atoms with Crippen LogP contribution in [0.3, 0.4) is 0 Å². The average Bonchev–Trinajstić information content (AvgIpc) is 2.04. The smallest absolute Gasteiger partial charge is 0.139 e. The van der Waals surface area contributed by atoms with Gasteiger partial charge in [-0.2, -0.15) is 3.89 Å². The lowest BCUT2D eigenvalue weighted by Gasteiger charge is -1.98. The monoisotopic (exact) mass is 174 g/mol. The topological polar surface area (TPSA) is 0 Å². The zero-order valence-corrected chi connectivity index (χ0v) is 6.92. The third kappa shape index (κ3) is 1.93. The first kappa shape index (κ1) is 8.53. The van der Waals surface area contributed by atoms with Crippen LogP contribution >= 0.6 is 12.1 Å². The molecule has 1 rings (SSSR count). The van der Waals surface area contributed by atoms with Crippen molar-refractivity contribution in [2.45, 2.75) is 18.2 Å². The summed E-state index contributed by atoms with van der Waals surface area (Å²) < 4.78 is 24.7. The summed E-state index contributed by atoms with van der Waals surface area (Å²) in [4.78, 5) is 0.0576.